The second kappa shape index (κ2) is 5.05. The summed E-state index contributed by atoms with van der Waals surface area (Å²) >= 11 is 0. The highest BCUT2D eigenvalue weighted by atomic mass is 16.7. The fourth-order valence-electron chi connectivity index (χ4n) is 1.97. The molecule has 0 bridgehead atoms. The number of cyclic esters (lactones) is 1. The van der Waals surface area contributed by atoms with E-state index in [1.807, 2.05) is 31.2 Å². The molecule has 0 spiro atoms. The van der Waals surface area contributed by atoms with Gasteiger partial charge in [0.25, 0.3) is 0 Å². The maximum Gasteiger partial charge on any atom is 0.337 e. The van der Waals surface area contributed by atoms with E-state index in [9.17, 15) is 9.90 Å². The lowest BCUT2D eigenvalue weighted by Crippen LogP contribution is -2.34. The topological polar surface area (TPSA) is 55.8 Å². The highest BCUT2D eigenvalue weighted by Crippen LogP contribution is 2.28. The Morgan fingerprint density at radius 3 is 2.42 bits per heavy atom. The Labute approximate surface area is 112 Å². The van der Waals surface area contributed by atoms with E-state index in [2.05, 4.69) is 0 Å². The lowest BCUT2D eigenvalue weighted by Gasteiger charge is -2.31. The molecule has 0 aliphatic carbocycles. The summed E-state index contributed by atoms with van der Waals surface area (Å²) < 4.78 is 10.5. The number of carbonyl (C=O) groups excluding carboxylic acids is 1. The molecule has 4 heteroatoms. The van der Waals surface area contributed by atoms with Crippen molar-refractivity contribution in [1.29, 1.82) is 0 Å². The number of ether oxygens (including phenoxy) is 2. The number of esters is 1. The van der Waals surface area contributed by atoms with E-state index in [1.165, 1.54) is 6.08 Å². The molecule has 1 atom stereocenters. The van der Waals surface area contributed by atoms with Crippen molar-refractivity contribution in [2.45, 2.75) is 39.1 Å². The number of rotatable bonds is 3. The van der Waals surface area contributed by atoms with E-state index in [1.54, 1.807) is 13.8 Å². The average Bonchev–Trinajstić information content (AvgIpc) is 2.26. The Bertz CT molecular complexity index is 499. The fourth-order valence-corrected chi connectivity index (χ4v) is 1.97. The summed E-state index contributed by atoms with van der Waals surface area (Å²) in [4.78, 5) is 11.4. The van der Waals surface area contributed by atoms with Gasteiger partial charge in [0.1, 0.15) is 5.76 Å². The van der Waals surface area contributed by atoms with E-state index in [0.29, 0.717) is 5.76 Å². The van der Waals surface area contributed by atoms with Crippen LogP contribution in [0.25, 0.3) is 0 Å². The third-order valence-electron chi connectivity index (χ3n) is 2.86. The predicted octanol–water partition coefficient (Wildman–Crippen LogP) is 2.61. The predicted molar refractivity (Wildman–Crippen MR) is 70.1 cm³/mol. The van der Waals surface area contributed by atoms with Crippen molar-refractivity contribution in [3.05, 3.63) is 47.2 Å². The van der Waals surface area contributed by atoms with Crippen LogP contribution in [0.4, 0.5) is 0 Å². The lowest BCUT2D eigenvalue weighted by molar-refractivity contribution is -0.206. The SMILES string of the molecule is Cc1ccc(C(O)CC2=CC(=O)OC(C)(C)O2)cc1. The monoisotopic (exact) mass is 262 g/mol. The largest absolute Gasteiger partial charge is 0.457 e. The number of carbonyl (C=O) groups is 1. The van der Waals surface area contributed by atoms with Crippen molar-refractivity contribution in [3.63, 3.8) is 0 Å². The van der Waals surface area contributed by atoms with Crippen LogP contribution in [-0.4, -0.2) is 16.9 Å². The van der Waals surface area contributed by atoms with E-state index in [0.717, 1.165) is 11.1 Å². The number of aryl methyl sites for hydroxylation is 1. The number of benzene rings is 1. The van der Waals surface area contributed by atoms with E-state index in [-0.39, 0.29) is 6.42 Å². The van der Waals surface area contributed by atoms with Crippen LogP contribution in [0.2, 0.25) is 0 Å². The van der Waals surface area contributed by atoms with Crippen LogP contribution in [0.1, 0.15) is 37.5 Å². The molecule has 0 fully saturated rings. The van der Waals surface area contributed by atoms with Crippen molar-refractivity contribution >= 4 is 5.97 Å². The maximum atomic E-state index is 11.4. The van der Waals surface area contributed by atoms with E-state index in [4.69, 9.17) is 9.47 Å². The van der Waals surface area contributed by atoms with Crippen molar-refractivity contribution in [1.82, 2.24) is 0 Å². The van der Waals surface area contributed by atoms with Gasteiger partial charge in [-0.25, -0.2) is 4.79 Å². The third-order valence-corrected chi connectivity index (χ3v) is 2.86. The molecule has 19 heavy (non-hydrogen) atoms. The van der Waals surface area contributed by atoms with Gasteiger partial charge in [0.05, 0.1) is 12.2 Å². The number of aliphatic hydroxyl groups is 1. The summed E-state index contributed by atoms with van der Waals surface area (Å²) in [6, 6.07) is 7.61. The normalized spacial score (nSPS) is 19.2. The van der Waals surface area contributed by atoms with Gasteiger partial charge in [-0.3, -0.25) is 0 Å². The Morgan fingerprint density at radius 1 is 1.21 bits per heavy atom. The Hall–Kier alpha value is -1.81. The molecule has 0 radical (unpaired) electrons. The van der Waals surface area contributed by atoms with Crippen LogP contribution in [0.3, 0.4) is 0 Å². The minimum Gasteiger partial charge on any atom is -0.457 e. The molecule has 4 nitrogen and oxygen atoms in total. The summed E-state index contributed by atoms with van der Waals surface area (Å²) in [5.41, 5.74) is 1.93. The molecule has 1 aromatic rings. The van der Waals surface area contributed by atoms with Crippen LogP contribution in [0, 0.1) is 6.92 Å². The molecule has 1 aliphatic rings. The fraction of sp³-hybridized carbons (Fsp3) is 0.400. The molecule has 0 saturated carbocycles. The lowest BCUT2D eigenvalue weighted by atomic mass is 10.0. The molecular formula is C15H18O4. The molecule has 102 valence electrons. The quantitative estimate of drug-likeness (QED) is 0.851. The first-order valence-corrected chi connectivity index (χ1v) is 6.23. The van der Waals surface area contributed by atoms with Crippen LogP contribution in [-0.2, 0) is 14.3 Å². The molecule has 0 aromatic heterocycles. The van der Waals surface area contributed by atoms with E-state index >= 15 is 0 Å². The van der Waals surface area contributed by atoms with Gasteiger partial charge in [0.2, 0.25) is 5.79 Å². The minimum atomic E-state index is -0.978. The van der Waals surface area contributed by atoms with Crippen LogP contribution < -0.4 is 0 Å². The van der Waals surface area contributed by atoms with Crippen LogP contribution in [0.5, 0.6) is 0 Å². The molecular weight excluding hydrogens is 244 g/mol. The zero-order chi connectivity index (χ0) is 14.0. The number of hydrogen-bond donors (Lipinski definition) is 1. The van der Waals surface area contributed by atoms with Crippen LogP contribution in [0.15, 0.2) is 36.1 Å². The van der Waals surface area contributed by atoms with Crippen molar-refractivity contribution in [2.75, 3.05) is 0 Å². The highest BCUT2D eigenvalue weighted by Gasteiger charge is 2.30. The summed E-state index contributed by atoms with van der Waals surface area (Å²) in [5.74, 6) is -0.981. The average molecular weight is 262 g/mol. The van der Waals surface area contributed by atoms with Gasteiger partial charge in [-0.1, -0.05) is 29.8 Å². The van der Waals surface area contributed by atoms with Crippen LogP contribution >= 0.6 is 0 Å². The molecule has 1 heterocycles. The summed E-state index contributed by atoms with van der Waals surface area (Å²) in [6.45, 7) is 5.31. The van der Waals surface area contributed by atoms with Gasteiger partial charge in [-0.2, -0.15) is 0 Å². The van der Waals surface area contributed by atoms with Crippen molar-refractivity contribution < 1.29 is 19.4 Å². The van der Waals surface area contributed by atoms with Gasteiger partial charge in [-0.15, -0.1) is 0 Å². The van der Waals surface area contributed by atoms with E-state index < -0.39 is 17.9 Å². The second-order valence-corrected chi connectivity index (χ2v) is 5.16. The smallest absolute Gasteiger partial charge is 0.337 e. The molecule has 0 amide bonds. The van der Waals surface area contributed by atoms with Gasteiger partial charge >= 0.3 is 5.97 Å². The number of aliphatic hydroxyl groups excluding tert-OH is 1. The molecule has 1 unspecified atom stereocenters. The third kappa shape index (κ3) is 3.58. The van der Waals surface area contributed by atoms with Crippen molar-refractivity contribution in [2.24, 2.45) is 0 Å². The molecule has 0 saturated heterocycles. The molecule has 1 N–H and O–H groups in total. The van der Waals surface area contributed by atoms with Gasteiger partial charge in [0.15, 0.2) is 0 Å². The first-order valence-electron chi connectivity index (χ1n) is 6.23. The standard InChI is InChI=1S/C15H18O4/c1-10-4-6-11(7-5-10)13(16)8-12-9-14(17)19-15(2,3)18-12/h4-7,9,13,16H,8H2,1-3H3. The summed E-state index contributed by atoms with van der Waals surface area (Å²) in [7, 11) is 0. The molecule has 2 rings (SSSR count). The molecule has 1 aliphatic heterocycles. The maximum absolute atomic E-state index is 11.4. The van der Waals surface area contributed by atoms with Gasteiger partial charge in [0, 0.05) is 20.3 Å². The number of hydrogen-bond acceptors (Lipinski definition) is 4. The Morgan fingerprint density at radius 2 is 1.84 bits per heavy atom. The highest BCUT2D eigenvalue weighted by molar-refractivity contribution is 5.83. The van der Waals surface area contributed by atoms with Gasteiger partial charge in [-0.05, 0) is 12.5 Å². The first-order chi connectivity index (χ1) is 8.85. The van der Waals surface area contributed by atoms with Gasteiger partial charge < -0.3 is 14.6 Å². The Balaban J connectivity index is 2.08. The second-order valence-electron chi connectivity index (χ2n) is 5.16. The Kier molecular flexibility index (Phi) is 3.62. The first kappa shape index (κ1) is 13.6. The summed E-state index contributed by atoms with van der Waals surface area (Å²) in [6.07, 6.45) is 0.832. The minimum absolute atomic E-state index is 0.252. The van der Waals surface area contributed by atoms with Crippen molar-refractivity contribution in [3.8, 4) is 0 Å². The zero-order valence-electron chi connectivity index (χ0n) is 11.3. The zero-order valence-corrected chi connectivity index (χ0v) is 11.3. The summed E-state index contributed by atoms with van der Waals surface area (Å²) in [5, 5.41) is 10.1. The molecule has 1 aromatic carbocycles.